The van der Waals surface area contributed by atoms with Crippen molar-refractivity contribution >= 4 is 24.1 Å². The summed E-state index contributed by atoms with van der Waals surface area (Å²) in [7, 11) is 0. The van der Waals surface area contributed by atoms with E-state index in [9.17, 15) is 19.2 Å². The van der Waals surface area contributed by atoms with Crippen LogP contribution in [0, 0.1) is 29.1 Å². The van der Waals surface area contributed by atoms with Gasteiger partial charge in [-0.2, -0.15) is 0 Å². The third kappa shape index (κ3) is 17.5. The molecule has 3 N–H and O–H groups in total. The predicted molar refractivity (Wildman–Crippen MR) is 137 cm³/mol. The molecule has 0 saturated carbocycles. The molecule has 0 aromatic carbocycles. The summed E-state index contributed by atoms with van der Waals surface area (Å²) in [6.07, 6.45) is 2.46. The second-order valence-electron chi connectivity index (χ2n) is 10.9. The average molecular weight is 486 g/mol. The minimum atomic E-state index is -0.455. The first-order valence-corrected chi connectivity index (χ1v) is 12.6. The third-order valence-corrected chi connectivity index (χ3v) is 5.73. The average Bonchev–Trinajstić information content (AvgIpc) is 2.72. The fourth-order valence-corrected chi connectivity index (χ4v) is 2.60. The van der Waals surface area contributed by atoms with Crippen LogP contribution < -0.4 is 10.6 Å². The number of aliphatic hydroxyl groups is 1. The lowest BCUT2D eigenvalue weighted by atomic mass is 9.88. The first kappa shape index (κ1) is 34.2. The Morgan fingerprint density at radius 1 is 0.971 bits per heavy atom. The van der Waals surface area contributed by atoms with Gasteiger partial charge in [-0.25, -0.2) is 0 Å². The van der Waals surface area contributed by atoms with Crippen LogP contribution in [0.2, 0.25) is 0 Å². The van der Waals surface area contributed by atoms with Crippen LogP contribution in [-0.2, 0) is 19.2 Å². The van der Waals surface area contributed by atoms with E-state index in [0.717, 1.165) is 11.3 Å². The molecule has 4 amide bonds. The van der Waals surface area contributed by atoms with Gasteiger partial charge < -0.3 is 15.7 Å². The molecule has 8 nitrogen and oxygen atoms in total. The summed E-state index contributed by atoms with van der Waals surface area (Å²) in [5.74, 6) is 1.31. The summed E-state index contributed by atoms with van der Waals surface area (Å²) in [6.45, 7) is 19.6. The molecule has 0 fully saturated rings. The van der Waals surface area contributed by atoms with E-state index in [2.05, 4.69) is 38.3 Å². The summed E-state index contributed by atoms with van der Waals surface area (Å²) in [6, 6.07) is 0. The standard InChI is InChI=1S/C16H30N2O3.C10H21NO2/c1-12(2)6-8-17-15(20)7-9-18(11-19)16(21)10-14(5)13(3)4;1-8(2)7-11-9(13)10(3,4)5-6-12/h11-14H,6-10H2,1-5H3,(H,17,20);8,12H,5-7H2,1-4H3,(H,11,13). The first-order valence-electron chi connectivity index (χ1n) is 12.6. The van der Waals surface area contributed by atoms with Gasteiger partial charge in [0.05, 0.1) is 0 Å². The maximum Gasteiger partial charge on any atom is 0.229 e. The van der Waals surface area contributed by atoms with Crippen LogP contribution in [0.25, 0.3) is 0 Å². The molecule has 1 unspecified atom stereocenters. The molecule has 0 rings (SSSR count). The van der Waals surface area contributed by atoms with Gasteiger partial charge >= 0.3 is 0 Å². The smallest absolute Gasteiger partial charge is 0.229 e. The molecule has 0 saturated heterocycles. The maximum atomic E-state index is 12.0. The number of rotatable bonds is 15. The van der Waals surface area contributed by atoms with Gasteiger partial charge in [-0.05, 0) is 36.5 Å². The number of amides is 4. The minimum absolute atomic E-state index is 0.0234. The van der Waals surface area contributed by atoms with E-state index in [1.807, 2.05) is 34.6 Å². The lowest BCUT2D eigenvalue weighted by molar-refractivity contribution is -0.139. The number of nitrogens with one attached hydrogen (secondary N) is 2. The van der Waals surface area contributed by atoms with Gasteiger partial charge in [-0.3, -0.25) is 24.1 Å². The zero-order valence-electron chi connectivity index (χ0n) is 23.1. The molecular formula is C26H51N3O5. The van der Waals surface area contributed by atoms with Crippen molar-refractivity contribution in [1.82, 2.24) is 15.5 Å². The second kappa shape index (κ2) is 18.4. The van der Waals surface area contributed by atoms with Gasteiger partial charge in [0.1, 0.15) is 0 Å². The van der Waals surface area contributed by atoms with Crippen LogP contribution in [0.3, 0.4) is 0 Å². The van der Waals surface area contributed by atoms with Crippen LogP contribution in [0.15, 0.2) is 0 Å². The number of hydrogen-bond donors (Lipinski definition) is 3. The van der Waals surface area contributed by atoms with Gasteiger partial charge in [0.15, 0.2) is 0 Å². The summed E-state index contributed by atoms with van der Waals surface area (Å²) >= 11 is 0. The molecule has 0 radical (unpaired) electrons. The van der Waals surface area contributed by atoms with E-state index in [0.29, 0.717) is 50.1 Å². The molecule has 1 atom stereocenters. The van der Waals surface area contributed by atoms with Crippen LogP contribution >= 0.6 is 0 Å². The zero-order valence-corrected chi connectivity index (χ0v) is 23.1. The van der Waals surface area contributed by atoms with Crippen molar-refractivity contribution in [2.45, 2.75) is 88.0 Å². The molecule has 0 aromatic rings. The topological polar surface area (TPSA) is 116 Å². The molecule has 0 aromatic heterocycles. The third-order valence-electron chi connectivity index (χ3n) is 5.73. The summed E-state index contributed by atoms with van der Waals surface area (Å²) < 4.78 is 0. The Kier molecular flexibility index (Phi) is 18.5. The Morgan fingerprint density at radius 2 is 1.56 bits per heavy atom. The van der Waals surface area contributed by atoms with Gasteiger partial charge in [-0.15, -0.1) is 0 Å². The quantitative estimate of drug-likeness (QED) is 0.308. The van der Waals surface area contributed by atoms with Crippen LogP contribution in [0.1, 0.15) is 88.0 Å². The van der Waals surface area contributed by atoms with E-state index in [1.165, 1.54) is 0 Å². The highest BCUT2D eigenvalue weighted by Gasteiger charge is 2.26. The Balaban J connectivity index is 0. The van der Waals surface area contributed by atoms with Crippen molar-refractivity contribution < 1.29 is 24.3 Å². The molecule has 0 heterocycles. The van der Waals surface area contributed by atoms with E-state index in [-0.39, 0.29) is 43.2 Å². The lowest BCUT2D eigenvalue weighted by Crippen LogP contribution is -2.39. The highest BCUT2D eigenvalue weighted by Crippen LogP contribution is 2.19. The van der Waals surface area contributed by atoms with Crippen LogP contribution in [-0.4, -0.2) is 60.4 Å². The first-order chi connectivity index (χ1) is 15.7. The van der Waals surface area contributed by atoms with Crippen molar-refractivity contribution in [3.8, 4) is 0 Å². The predicted octanol–water partition coefficient (Wildman–Crippen LogP) is 3.37. The van der Waals surface area contributed by atoms with Crippen molar-refractivity contribution in [3.63, 3.8) is 0 Å². The van der Waals surface area contributed by atoms with E-state index in [1.54, 1.807) is 0 Å². The van der Waals surface area contributed by atoms with Crippen molar-refractivity contribution in [3.05, 3.63) is 0 Å². The molecule has 8 heteroatoms. The van der Waals surface area contributed by atoms with Crippen molar-refractivity contribution in [2.24, 2.45) is 29.1 Å². The number of hydrogen-bond acceptors (Lipinski definition) is 5. The number of carbonyl (C=O) groups excluding carboxylic acids is 4. The van der Waals surface area contributed by atoms with Gasteiger partial charge in [0.2, 0.25) is 24.1 Å². The maximum absolute atomic E-state index is 12.0. The number of nitrogens with zero attached hydrogens (tertiary/aromatic N) is 1. The van der Waals surface area contributed by atoms with E-state index < -0.39 is 5.41 Å². The van der Waals surface area contributed by atoms with Gasteiger partial charge in [-0.1, -0.05) is 62.3 Å². The van der Waals surface area contributed by atoms with Gasteiger partial charge in [0, 0.05) is 44.5 Å². The Morgan fingerprint density at radius 3 is 2.00 bits per heavy atom. The van der Waals surface area contributed by atoms with Crippen LogP contribution in [0.5, 0.6) is 0 Å². The molecule has 0 aliphatic heterocycles. The largest absolute Gasteiger partial charge is 0.396 e. The monoisotopic (exact) mass is 485 g/mol. The molecule has 0 bridgehead atoms. The minimum Gasteiger partial charge on any atom is -0.396 e. The fourth-order valence-electron chi connectivity index (χ4n) is 2.60. The molecule has 0 aliphatic carbocycles. The Hall–Kier alpha value is -1.96. The Labute approximate surface area is 207 Å². The molecule has 200 valence electrons. The van der Waals surface area contributed by atoms with E-state index >= 15 is 0 Å². The summed E-state index contributed by atoms with van der Waals surface area (Å²) in [5, 5.41) is 14.4. The molecular weight excluding hydrogens is 434 g/mol. The SMILES string of the molecule is CC(C)CCNC(=O)CCN(C=O)C(=O)CC(C)C(C)C.CC(C)CNC(=O)C(C)(C)CCO. The normalized spacial score (nSPS) is 12.1. The highest BCUT2D eigenvalue weighted by molar-refractivity contribution is 5.87. The fraction of sp³-hybridized carbons (Fsp3) is 0.846. The van der Waals surface area contributed by atoms with Gasteiger partial charge in [0.25, 0.3) is 0 Å². The summed E-state index contributed by atoms with van der Waals surface area (Å²) in [5.41, 5.74) is -0.455. The van der Waals surface area contributed by atoms with E-state index in [4.69, 9.17) is 5.11 Å². The van der Waals surface area contributed by atoms with Crippen molar-refractivity contribution in [1.29, 1.82) is 0 Å². The molecule has 34 heavy (non-hydrogen) atoms. The Bertz CT molecular complexity index is 603. The molecule has 0 spiro atoms. The highest BCUT2D eigenvalue weighted by atomic mass is 16.3. The number of imide groups is 1. The summed E-state index contributed by atoms with van der Waals surface area (Å²) in [4.78, 5) is 47.2. The van der Waals surface area contributed by atoms with Crippen LogP contribution in [0.4, 0.5) is 0 Å². The number of carbonyl (C=O) groups is 4. The van der Waals surface area contributed by atoms with Crippen molar-refractivity contribution in [2.75, 3.05) is 26.2 Å². The lowest BCUT2D eigenvalue weighted by Gasteiger charge is -2.22. The number of aliphatic hydroxyl groups excluding tert-OH is 1. The molecule has 0 aliphatic rings. The zero-order chi connectivity index (χ0) is 26.9. The second-order valence-corrected chi connectivity index (χ2v) is 10.9.